The van der Waals surface area contributed by atoms with Crippen LogP contribution in [-0.4, -0.2) is 59.4 Å². The Morgan fingerprint density at radius 2 is 1.56 bits per heavy atom. The van der Waals surface area contributed by atoms with Crippen LogP contribution in [0.3, 0.4) is 0 Å². The van der Waals surface area contributed by atoms with Gasteiger partial charge in [-0.2, -0.15) is 0 Å². The standard InChI is InChI=1S/C32H36N2O5/c1-4-33(5-2)19-12-20-34-29(23-13-10-18-27(21-23)39-25-15-8-7-9-16-25)28(31(36)32(34)37)30(35)24-14-11-17-26(22-24)38-6-3/h7-11,13-18,21-22,29,35H,4-6,12,19-20H2,1-3H3/b30-28+. The molecular weight excluding hydrogens is 492 g/mol. The first-order chi connectivity index (χ1) is 19.0. The van der Waals surface area contributed by atoms with Crippen LogP contribution < -0.4 is 9.47 Å². The molecule has 7 nitrogen and oxygen atoms in total. The number of likely N-dealkylation sites (tertiary alicyclic amines) is 1. The predicted molar refractivity (Wildman–Crippen MR) is 152 cm³/mol. The third kappa shape index (κ3) is 6.49. The van der Waals surface area contributed by atoms with Crippen LogP contribution in [0.2, 0.25) is 0 Å². The number of para-hydroxylation sites is 1. The van der Waals surface area contributed by atoms with Crippen LogP contribution in [0.4, 0.5) is 0 Å². The Morgan fingerprint density at radius 1 is 0.872 bits per heavy atom. The number of aliphatic hydroxyl groups is 1. The molecule has 3 aromatic carbocycles. The second-order valence-electron chi connectivity index (χ2n) is 9.32. The molecule has 1 saturated heterocycles. The zero-order chi connectivity index (χ0) is 27.8. The average molecular weight is 529 g/mol. The molecule has 0 spiro atoms. The van der Waals surface area contributed by atoms with Crippen LogP contribution in [-0.2, 0) is 9.59 Å². The number of hydrogen-bond donors (Lipinski definition) is 1. The van der Waals surface area contributed by atoms with Gasteiger partial charge in [0.05, 0.1) is 18.2 Å². The first-order valence-electron chi connectivity index (χ1n) is 13.5. The van der Waals surface area contributed by atoms with E-state index in [9.17, 15) is 14.7 Å². The van der Waals surface area contributed by atoms with Gasteiger partial charge in [0.15, 0.2) is 0 Å². The fourth-order valence-electron chi connectivity index (χ4n) is 4.89. The molecule has 1 aliphatic heterocycles. The lowest BCUT2D eigenvalue weighted by Gasteiger charge is -2.27. The minimum Gasteiger partial charge on any atom is -0.507 e. The van der Waals surface area contributed by atoms with Crippen molar-refractivity contribution in [2.45, 2.75) is 33.2 Å². The monoisotopic (exact) mass is 528 g/mol. The number of ether oxygens (including phenoxy) is 2. The summed E-state index contributed by atoms with van der Waals surface area (Å²) in [5.74, 6) is 0.291. The molecule has 0 aliphatic carbocycles. The molecule has 1 atom stereocenters. The Bertz CT molecular complexity index is 1320. The third-order valence-corrected chi connectivity index (χ3v) is 6.88. The SMILES string of the molecule is CCOc1cccc(/C(O)=C2\C(=O)C(=O)N(CCCN(CC)CC)C2c2cccc(Oc3ccccc3)c2)c1. The van der Waals surface area contributed by atoms with Gasteiger partial charge in [-0.05, 0) is 74.9 Å². The van der Waals surface area contributed by atoms with Gasteiger partial charge >= 0.3 is 0 Å². The highest BCUT2D eigenvalue weighted by molar-refractivity contribution is 6.46. The number of benzene rings is 3. The maximum absolute atomic E-state index is 13.4. The smallest absolute Gasteiger partial charge is 0.295 e. The van der Waals surface area contributed by atoms with Crippen molar-refractivity contribution in [3.8, 4) is 17.2 Å². The van der Waals surface area contributed by atoms with Crippen molar-refractivity contribution in [2.75, 3.05) is 32.8 Å². The number of nitrogens with zero attached hydrogens (tertiary/aromatic N) is 2. The van der Waals surface area contributed by atoms with E-state index >= 15 is 0 Å². The summed E-state index contributed by atoms with van der Waals surface area (Å²) in [4.78, 5) is 30.6. The van der Waals surface area contributed by atoms with Crippen LogP contribution in [0.5, 0.6) is 17.2 Å². The van der Waals surface area contributed by atoms with E-state index < -0.39 is 17.7 Å². The highest BCUT2D eigenvalue weighted by Crippen LogP contribution is 2.41. The fourth-order valence-corrected chi connectivity index (χ4v) is 4.89. The fraction of sp³-hybridized carbons (Fsp3) is 0.312. The van der Waals surface area contributed by atoms with Gasteiger partial charge in [-0.3, -0.25) is 9.59 Å². The van der Waals surface area contributed by atoms with Crippen molar-refractivity contribution in [2.24, 2.45) is 0 Å². The summed E-state index contributed by atoms with van der Waals surface area (Å²) in [6.45, 7) is 9.55. The van der Waals surface area contributed by atoms with Crippen molar-refractivity contribution in [3.63, 3.8) is 0 Å². The summed E-state index contributed by atoms with van der Waals surface area (Å²) in [7, 11) is 0. The minimum atomic E-state index is -0.753. The molecule has 1 N–H and O–H groups in total. The Labute approximate surface area is 230 Å². The lowest BCUT2D eigenvalue weighted by atomic mass is 9.95. The van der Waals surface area contributed by atoms with E-state index in [1.54, 1.807) is 29.2 Å². The second kappa shape index (κ2) is 13.1. The van der Waals surface area contributed by atoms with Gasteiger partial charge in [-0.1, -0.05) is 56.3 Å². The number of carbonyl (C=O) groups excluding carboxylic acids is 2. The number of hydrogen-bond acceptors (Lipinski definition) is 6. The van der Waals surface area contributed by atoms with Crippen molar-refractivity contribution in [1.82, 2.24) is 9.80 Å². The molecule has 1 unspecified atom stereocenters. The lowest BCUT2D eigenvalue weighted by molar-refractivity contribution is -0.140. The summed E-state index contributed by atoms with van der Waals surface area (Å²) < 4.78 is 11.6. The summed E-state index contributed by atoms with van der Waals surface area (Å²) in [5, 5.41) is 11.4. The Balaban J connectivity index is 1.75. The van der Waals surface area contributed by atoms with Crippen molar-refractivity contribution in [1.29, 1.82) is 0 Å². The first kappa shape index (κ1) is 27.9. The third-order valence-electron chi connectivity index (χ3n) is 6.88. The number of Topliss-reactive ketones (excluding diaryl/α,β-unsaturated/α-hetero) is 1. The lowest BCUT2D eigenvalue weighted by Crippen LogP contribution is -2.33. The van der Waals surface area contributed by atoms with E-state index in [4.69, 9.17) is 9.47 Å². The highest BCUT2D eigenvalue weighted by atomic mass is 16.5. The molecule has 3 aromatic rings. The minimum absolute atomic E-state index is 0.0633. The zero-order valence-electron chi connectivity index (χ0n) is 22.8. The Morgan fingerprint density at radius 3 is 2.28 bits per heavy atom. The van der Waals surface area contributed by atoms with Gasteiger partial charge in [0.2, 0.25) is 0 Å². The van der Waals surface area contributed by atoms with Crippen LogP contribution in [0, 0.1) is 0 Å². The number of aliphatic hydroxyl groups excluding tert-OH is 1. The van der Waals surface area contributed by atoms with Crippen molar-refractivity contribution < 1.29 is 24.2 Å². The molecule has 0 bridgehead atoms. The van der Waals surface area contributed by atoms with Gasteiger partial charge in [0, 0.05) is 12.1 Å². The largest absolute Gasteiger partial charge is 0.507 e. The predicted octanol–water partition coefficient (Wildman–Crippen LogP) is 6.03. The molecule has 1 heterocycles. The van der Waals surface area contributed by atoms with Gasteiger partial charge in [-0.25, -0.2) is 0 Å². The van der Waals surface area contributed by atoms with Gasteiger partial charge < -0.3 is 24.4 Å². The van der Waals surface area contributed by atoms with Gasteiger partial charge in [0.25, 0.3) is 11.7 Å². The van der Waals surface area contributed by atoms with Crippen molar-refractivity contribution in [3.05, 3.63) is 95.6 Å². The zero-order valence-corrected chi connectivity index (χ0v) is 22.8. The van der Waals surface area contributed by atoms with Crippen LogP contribution in [0.25, 0.3) is 5.76 Å². The number of rotatable bonds is 12. The molecule has 1 aliphatic rings. The molecule has 204 valence electrons. The van der Waals surface area contributed by atoms with Gasteiger partial charge in [0.1, 0.15) is 23.0 Å². The van der Waals surface area contributed by atoms with E-state index in [0.29, 0.717) is 47.9 Å². The molecule has 1 fully saturated rings. The highest BCUT2D eigenvalue weighted by Gasteiger charge is 2.46. The molecule has 0 radical (unpaired) electrons. The molecule has 0 aromatic heterocycles. The number of carbonyl (C=O) groups is 2. The summed E-state index contributed by atoms with van der Waals surface area (Å²) in [6, 6.07) is 22.9. The van der Waals surface area contributed by atoms with E-state index in [1.807, 2.05) is 61.5 Å². The van der Waals surface area contributed by atoms with Gasteiger partial charge in [-0.15, -0.1) is 0 Å². The van der Waals surface area contributed by atoms with Crippen LogP contribution in [0.1, 0.15) is 44.4 Å². The number of ketones is 1. The van der Waals surface area contributed by atoms with E-state index in [1.165, 1.54) is 0 Å². The summed E-state index contributed by atoms with van der Waals surface area (Å²) in [5.41, 5.74) is 1.17. The summed E-state index contributed by atoms with van der Waals surface area (Å²) in [6.07, 6.45) is 0.700. The number of amides is 1. The molecular formula is C32H36N2O5. The molecule has 0 saturated carbocycles. The molecule has 1 amide bonds. The first-order valence-corrected chi connectivity index (χ1v) is 13.5. The van der Waals surface area contributed by atoms with E-state index in [0.717, 1.165) is 19.6 Å². The second-order valence-corrected chi connectivity index (χ2v) is 9.32. The van der Waals surface area contributed by atoms with Crippen LogP contribution >= 0.6 is 0 Å². The molecule has 4 rings (SSSR count). The molecule has 7 heteroatoms. The topological polar surface area (TPSA) is 79.3 Å². The van der Waals surface area contributed by atoms with E-state index in [2.05, 4.69) is 18.7 Å². The molecule has 39 heavy (non-hydrogen) atoms. The normalized spacial score (nSPS) is 16.6. The van der Waals surface area contributed by atoms with Crippen molar-refractivity contribution >= 4 is 17.4 Å². The average Bonchev–Trinajstić information content (AvgIpc) is 3.21. The Hall–Kier alpha value is -4.10. The maximum atomic E-state index is 13.4. The van der Waals surface area contributed by atoms with E-state index in [-0.39, 0.29) is 11.3 Å². The summed E-state index contributed by atoms with van der Waals surface area (Å²) >= 11 is 0. The van der Waals surface area contributed by atoms with Crippen LogP contribution in [0.15, 0.2) is 84.4 Å². The Kier molecular flexibility index (Phi) is 9.39. The quantitative estimate of drug-likeness (QED) is 0.176. The maximum Gasteiger partial charge on any atom is 0.295 e.